The Hall–Kier alpha value is -3.02. The molecular formula is C22H24O6. The lowest BCUT2D eigenvalue weighted by atomic mass is 9.80. The van der Waals surface area contributed by atoms with Crippen molar-refractivity contribution < 1.29 is 29.3 Å². The van der Waals surface area contributed by atoms with Crippen LogP contribution in [0.5, 0.6) is 11.5 Å². The minimum absolute atomic E-state index is 0.0840. The highest BCUT2D eigenvalue weighted by atomic mass is 16.5. The molecule has 0 aromatic heterocycles. The second-order valence-electron chi connectivity index (χ2n) is 7.04. The molecule has 2 N–H and O–H groups in total. The monoisotopic (exact) mass is 384 g/mol. The van der Waals surface area contributed by atoms with Crippen molar-refractivity contribution in [1.29, 1.82) is 0 Å². The summed E-state index contributed by atoms with van der Waals surface area (Å²) in [6, 6.07) is 12.5. The molecule has 0 amide bonds. The Labute approximate surface area is 163 Å². The van der Waals surface area contributed by atoms with E-state index >= 15 is 0 Å². The van der Waals surface area contributed by atoms with Gasteiger partial charge in [-0.3, -0.25) is 0 Å². The number of ether oxygens (including phenoxy) is 2. The number of phenolic OH excluding ortho intramolecular Hbond substituents is 2. The number of esters is 2. The Kier molecular flexibility index (Phi) is 6.53. The van der Waals surface area contributed by atoms with Gasteiger partial charge in [-0.25, -0.2) is 9.59 Å². The van der Waals surface area contributed by atoms with Gasteiger partial charge in [0.15, 0.2) is 0 Å². The van der Waals surface area contributed by atoms with Crippen LogP contribution in [0.2, 0.25) is 0 Å². The van der Waals surface area contributed by atoms with Crippen LogP contribution >= 0.6 is 0 Å². The summed E-state index contributed by atoms with van der Waals surface area (Å²) in [6.07, 6.45) is 3.82. The lowest BCUT2D eigenvalue weighted by Crippen LogP contribution is -2.29. The van der Waals surface area contributed by atoms with Crippen LogP contribution < -0.4 is 0 Å². The second kappa shape index (κ2) is 9.26. The van der Waals surface area contributed by atoms with E-state index in [1.807, 2.05) is 0 Å². The van der Waals surface area contributed by atoms with Crippen LogP contribution in [0.1, 0.15) is 46.4 Å². The maximum atomic E-state index is 12.2. The van der Waals surface area contributed by atoms with Gasteiger partial charge in [-0.2, -0.15) is 0 Å². The molecule has 148 valence electrons. The molecule has 1 aliphatic carbocycles. The molecule has 1 saturated carbocycles. The molecule has 3 rings (SSSR count). The van der Waals surface area contributed by atoms with E-state index in [1.54, 1.807) is 24.3 Å². The number of para-hydroxylation sites is 2. The summed E-state index contributed by atoms with van der Waals surface area (Å²) < 4.78 is 10.8. The van der Waals surface area contributed by atoms with Gasteiger partial charge in [0.05, 0.1) is 13.2 Å². The molecule has 0 spiro atoms. The summed E-state index contributed by atoms with van der Waals surface area (Å²) in [5, 5.41) is 19.5. The van der Waals surface area contributed by atoms with E-state index in [0.717, 1.165) is 25.7 Å². The topological polar surface area (TPSA) is 93.1 Å². The highest BCUT2D eigenvalue weighted by Gasteiger charge is 2.28. The van der Waals surface area contributed by atoms with Gasteiger partial charge in [-0.15, -0.1) is 0 Å². The van der Waals surface area contributed by atoms with Gasteiger partial charge in [0.25, 0.3) is 0 Å². The van der Waals surface area contributed by atoms with Crippen LogP contribution in [-0.4, -0.2) is 35.4 Å². The van der Waals surface area contributed by atoms with E-state index in [9.17, 15) is 19.8 Å². The van der Waals surface area contributed by atoms with Crippen molar-refractivity contribution in [2.24, 2.45) is 11.8 Å². The SMILES string of the molecule is O=C(OCC1CCCCC1COC(=O)c1ccccc1O)c1ccccc1O. The summed E-state index contributed by atoms with van der Waals surface area (Å²) in [6.45, 7) is 0.429. The number of hydrogen-bond acceptors (Lipinski definition) is 6. The Morgan fingerprint density at radius 2 is 1.14 bits per heavy atom. The molecule has 2 unspecified atom stereocenters. The predicted octanol–water partition coefficient (Wildman–Crippen LogP) is 3.92. The summed E-state index contributed by atoms with van der Waals surface area (Å²) in [5.74, 6) is -1.17. The van der Waals surface area contributed by atoms with E-state index in [0.29, 0.717) is 0 Å². The van der Waals surface area contributed by atoms with Gasteiger partial charge in [0.2, 0.25) is 0 Å². The maximum absolute atomic E-state index is 12.2. The first-order chi connectivity index (χ1) is 13.6. The van der Waals surface area contributed by atoms with Gasteiger partial charge < -0.3 is 19.7 Å². The molecule has 0 saturated heterocycles. The van der Waals surface area contributed by atoms with Gasteiger partial charge in [-0.1, -0.05) is 37.1 Å². The Morgan fingerprint density at radius 3 is 1.54 bits per heavy atom. The van der Waals surface area contributed by atoms with Crippen molar-refractivity contribution in [2.75, 3.05) is 13.2 Å². The summed E-state index contributed by atoms with van der Waals surface area (Å²) in [7, 11) is 0. The number of phenols is 2. The average Bonchev–Trinajstić information content (AvgIpc) is 2.71. The Bertz CT molecular complexity index is 762. The number of rotatable bonds is 6. The molecular weight excluding hydrogens is 360 g/mol. The quantitative estimate of drug-likeness (QED) is 0.734. The summed E-state index contributed by atoms with van der Waals surface area (Å²) in [4.78, 5) is 24.4. The largest absolute Gasteiger partial charge is 0.507 e. The van der Waals surface area contributed by atoms with Crippen LogP contribution in [-0.2, 0) is 9.47 Å². The second-order valence-corrected chi connectivity index (χ2v) is 7.04. The van der Waals surface area contributed by atoms with E-state index in [2.05, 4.69) is 0 Å². The molecule has 1 fully saturated rings. The molecule has 2 atom stereocenters. The zero-order chi connectivity index (χ0) is 19.9. The van der Waals surface area contributed by atoms with Crippen molar-refractivity contribution in [3.05, 3.63) is 59.7 Å². The first kappa shape index (κ1) is 19.7. The minimum Gasteiger partial charge on any atom is -0.507 e. The van der Waals surface area contributed by atoms with Gasteiger partial charge in [-0.05, 0) is 48.9 Å². The Morgan fingerprint density at radius 1 is 0.750 bits per heavy atom. The van der Waals surface area contributed by atoms with Crippen LogP contribution in [0.15, 0.2) is 48.5 Å². The van der Waals surface area contributed by atoms with Crippen molar-refractivity contribution in [3.63, 3.8) is 0 Å². The predicted molar refractivity (Wildman–Crippen MR) is 102 cm³/mol. The fraction of sp³-hybridized carbons (Fsp3) is 0.364. The lowest BCUT2D eigenvalue weighted by molar-refractivity contribution is 0.0136. The highest BCUT2D eigenvalue weighted by molar-refractivity contribution is 5.92. The molecule has 2 aromatic rings. The van der Waals surface area contributed by atoms with Gasteiger partial charge >= 0.3 is 11.9 Å². The molecule has 0 bridgehead atoms. The van der Waals surface area contributed by atoms with E-state index in [1.165, 1.54) is 24.3 Å². The van der Waals surface area contributed by atoms with Crippen LogP contribution in [0.4, 0.5) is 0 Å². The summed E-state index contributed by atoms with van der Waals surface area (Å²) >= 11 is 0. The fourth-order valence-corrected chi connectivity index (χ4v) is 3.54. The first-order valence-electron chi connectivity index (χ1n) is 9.46. The number of carbonyl (C=O) groups excluding carboxylic acids is 2. The molecule has 6 nitrogen and oxygen atoms in total. The smallest absolute Gasteiger partial charge is 0.341 e. The third kappa shape index (κ3) is 4.82. The third-order valence-electron chi connectivity index (χ3n) is 5.17. The normalized spacial score (nSPS) is 19.0. The van der Waals surface area contributed by atoms with E-state index in [-0.39, 0.29) is 47.7 Å². The van der Waals surface area contributed by atoms with Crippen molar-refractivity contribution >= 4 is 11.9 Å². The molecule has 0 heterocycles. The van der Waals surface area contributed by atoms with Gasteiger partial charge in [0, 0.05) is 0 Å². The standard InChI is InChI=1S/C22H24O6/c23-19-11-5-3-9-17(19)21(25)27-13-15-7-1-2-8-16(15)14-28-22(26)18-10-4-6-12-20(18)24/h3-6,9-12,15-16,23-24H,1-2,7-8,13-14H2. The highest BCUT2D eigenvalue weighted by Crippen LogP contribution is 2.31. The van der Waals surface area contributed by atoms with Gasteiger partial charge in [0.1, 0.15) is 22.6 Å². The maximum Gasteiger partial charge on any atom is 0.341 e. The minimum atomic E-state index is -0.561. The Balaban J connectivity index is 1.55. The number of benzene rings is 2. The number of aromatic hydroxyl groups is 2. The van der Waals surface area contributed by atoms with Crippen molar-refractivity contribution in [1.82, 2.24) is 0 Å². The van der Waals surface area contributed by atoms with Crippen LogP contribution in [0.25, 0.3) is 0 Å². The molecule has 1 aliphatic rings. The van der Waals surface area contributed by atoms with E-state index < -0.39 is 11.9 Å². The van der Waals surface area contributed by atoms with Crippen molar-refractivity contribution in [2.45, 2.75) is 25.7 Å². The zero-order valence-corrected chi connectivity index (χ0v) is 15.5. The van der Waals surface area contributed by atoms with Crippen LogP contribution in [0, 0.1) is 11.8 Å². The molecule has 28 heavy (non-hydrogen) atoms. The van der Waals surface area contributed by atoms with Crippen LogP contribution in [0.3, 0.4) is 0 Å². The first-order valence-corrected chi connectivity index (χ1v) is 9.46. The zero-order valence-electron chi connectivity index (χ0n) is 15.5. The average molecular weight is 384 g/mol. The lowest BCUT2D eigenvalue weighted by Gasteiger charge is -2.30. The molecule has 6 heteroatoms. The molecule has 2 aromatic carbocycles. The van der Waals surface area contributed by atoms with Crippen molar-refractivity contribution in [3.8, 4) is 11.5 Å². The number of carbonyl (C=O) groups is 2. The van der Waals surface area contributed by atoms with E-state index in [4.69, 9.17) is 9.47 Å². The molecule has 0 radical (unpaired) electrons. The number of hydrogen-bond donors (Lipinski definition) is 2. The third-order valence-corrected chi connectivity index (χ3v) is 5.17. The molecule has 0 aliphatic heterocycles. The summed E-state index contributed by atoms with van der Waals surface area (Å²) in [5.41, 5.74) is 0.279. The fourth-order valence-electron chi connectivity index (χ4n) is 3.54.